The van der Waals surface area contributed by atoms with Gasteiger partial charge in [0, 0.05) is 55.7 Å². The summed E-state index contributed by atoms with van der Waals surface area (Å²) in [5, 5.41) is 6.18. The second kappa shape index (κ2) is 12.2. The molecule has 0 bridgehead atoms. The van der Waals surface area contributed by atoms with Crippen LogP contribution in [0.2, 0.25) is 0 Å². The highest BCUT2D eigenvalue weighted by atomic mass is 127. The Morgan fingerprint density at radius 2 is 2.14 bits per heavy atom. The average molecular weight is 566 g/mol. The largest absolute Gasteiger partial charge is 0.459 e. The fourth-order valence-electron chi connectivity index (χ4n) is 2.66. The molecule has 0 radical (unpaired) electrons. The number of halogens is 2. The van der Waals surface area contributed by atoms with E-state index in [9.17, 15) is 4.79 Å². The van der Waals surface area contributed by atoms with Gasteiger partial charge in [0.15, 0.2) is 11.7 Å². The Hall–Kier alpha value is -1.49. The number of hydrogen-bond acceptors (Lipinski definition) is 3. The summed E-state index contributed by atoms with van der Waals surface area (Å²) in [7, 11) is 4.05. The second-order valence-corrected chi connectivity index (χ2v) is 7.31. The minimum Gasteiger partial charge on any atom is -0.459 e. The molecule has 0 unspecified atom stereocenters. The van der Waals surface area contributed by atoms with Crippen LogP contribution in [-0.4, -0.2) is 48.0 Å². The lowest BCUT2D eigenvalue weighted by Crippen LogP contribution is -2.39. The number of furan rings is 1. The molecule has 0 spiro atoms. The zero-order valence-electron chi connectivity index (χ0n) is 16.8. The quantitative estimate of drug-likeness (QED) is 0.222. The number of guanidine groups is 1. The fraction of sp³-hybridized carbons (Fsp3) is 0.474. The van der Waals surface area contributed by atoms with Crippen LogP contribution in [0.4, 0.5) is 0 Å². The van der Waals surface area contributed by atoms with Crippen LogP contribution in [0.3, 0.4) is 0 Å². The second-order valence-electron chi connectivity index (χ2n) is 6.39. The Bertz CT molecular complexity index is 787. The third-order valence-electron chi connectivity index (χ3n) is 4.12. The van der Waals surface area contributed by atoms with Gasteiger partial charge in [-0.25, -0.2) is 0 Å². The van der Waals surface area contributed by atoms with Gasteiger partial charge in [0.2, 0.25) is 0 Å². The van der Waals surface area contributed by atoms with Gasteiger partial charge in [-0.2, -0.15) is 0 Å². The molecule has 0 aromatic carbocycles. The van der Waals surface area contributed by atoms with Crippen molar-refractivity contribution in [2.75, 3.05) is 26.7 Å². The molecule has 2 rings (SSSR count). The van der Waals surface area contributed by atoms with E-state index in [0.717, 1.165) is 35.5 Å². The first-order valence-electron chi connectivity index (χ1n) is 9.04. The van der Waals surface area contributed by atoms with Gasteiger partial charge in [0.05, 0.1) is 12.8 Å². The molecular formula is C19H29BrIN5O2. The van der Waals surface area contributed by atoms with Gasteiger partial charge < -0.3 is 24.5 Å². The smallest absolute Gasteiger partial charge is 0.287 e. The molecule has 0 saturated heterocycles. The Balaban J connectivity index is 0.00000392. The van der Waals surface area contributed by atoms with Crippen LogP contribution in [0, 0.1) is 6.92 Å². The minimum absolute atomic E-state index is 0. The number of aryl methyl sites for hydroxylation is 2. The molecule has 1 amide bonds. The van der Waals surface area contributed by atoms with E-state index in [1.54, 1.807) is 6.07 Å². The maximum atomic E-state index is 12.0. The molecule has 0 fully saturated rings. The van der Waals surface area contributed by atoms with E-state index in [1.807, 2.05) is 34.1 Å². The summed E-state index contributed by atoms with van der Waals surface area (Å²) < 4.78 is 8.35. The lowest BCUT2D eigenvalue weighted by atomic mass is 10.2. The van der Waals surface area contributed by atoms with E-state index in [-0.39, 0.29) is 29.9 Å². The normalized spacial score (nSPS) is 11.1. The topological polar surface area (TPSA) is 74.8 Å². The number of aliphatic imine (C=N–C) groups is 1. The number of carbonyl (C=O) groups is 1. The lowest BCUT2D eigenvalue weighted by Gasteiger charge is -2.22. The number of nitrogens with one attached hydrogen (secondary N) is 2. The van der Waals surface area contributed by atoms with Crippen LogP contribution in [0.1, 0.15) is 35.2 Å². The van der Waals surface area contributed by atoms with Gasteiger partial charge in [-0.3, -0.25) is 9.79 Å². The van der Waals surface area contributed by atoms with Crippen molar-refractivity contribution in [1.82, 2.24) is 20.1 Å². The minimum atomic E-state index is -0.181. The van der Waals surface area contributed by atoms with Crippen LogP contribution in [0.5, 0.6) is 0 Å². The summed E-state index contributed by atoms with van der Waals surface area (Å²) in [4.78, 5) is 18.8. The van der Waals surface area contributed by atoms with Gasteiger partial charge in [0.1, 0.15) is 0 Å². The monoisotopic (exact) mass is 565 g/mol. The number of carbonyl (C=O) groups excluding carboxylic acids is 1. The molecule has 7 nitrogen and oxygen atoms in total. The summed E-state index contributed by atoms with van der Waals surface area (Å²) in [6.45, 7) is 6.63. The van der Waals surface area contributed by atoms with Gasteiger partial charge in [0.25, 0.3) is 5.91 Å². The van der Waals surface area contributed by atoms with Crippen molar-refractivity contribution in [2.45, 2.75) is 26.8 Å². The first kappa shape index (κ1) is 24.5. The van der Waals surface area contributed by atoms with Crippen molar-refractivity contribution < 1.29 is 9.21 Å². The molecule has 0 atom stereocenters. The maximum absolute atomic E-state index is 12.0. The predicted molar refractivity (Wildman–Crippen MR) is 126 cm³/mol. The molecule has 2 N–H and O–H groups in total. The van der Waals surface area contributed by atoms with Gasteiger partial charge in [-0.05, 0) is 48.3 Å². The molecule has 0 aliphatic rings. The van der Waals surface area contributed by atoms with Crippen molar-refractivity contribution in [1.29, 1.82) is 0 Å². The molecule has 0 aliphatic carbocycles. The van der Waals surface area contributed by atoms with Gasteiger partial charge in [-0.1, -0.05) is 0 Å². The summed E-state index contributed by atoms with van der Waals surface area (Å²) in [5.74, 6) is 1.04. The Morgan fingerprint density at radius 1 is 1.39 bits per heavy atom. The highest BCUT2D eigenvalue weighted by molar-refractivity contribution is 14.0. The maximum Gasteiger partial charge on any atom is 0.287 e. The molecule has 9 heteroatoms. The molecule has 2 heterocycles. The van der Waals surface area contributed by atoms with Crippen LogP contribution >= 0.6 is 39.9 Å². The highest BCUT2D eigenvalue weighted by Crippen LogP contribution is 2.15. The van der Waals surface area contributed by atoms with Crippen molar-refractivity contribution in [3.05, 3.63) is 46.1 Å². The first-order chi connectivity index (χ1) is 12.9. The lowest BCUT2D eigenvalue weighted by molar-refractivity contribution is 0.0925. The number of amides is 1. The van der Waals surface area contributed by atoms with E-state index in [1.165, 1.54) is 12.0 Å². The molecule has 156 valence electrons. The first-order valence-corrected chi connectivity index (χ1v) is 9.84. The van der Waals surface area contributed by atoms with Crippen LogP contribution in [0.25, 0.3) is 0 Å². The Morgan fingerprint density at radius 3 is 2.71 bits per heavy atom. The van der Waals surface area contributed by atoms with Gasteiger partial charge >= 0.3 is 0 Å². The summed E-state index contributed by atoms with van der Waals surface area (Å²) in [6.07, 6.45) is 4.32. The zero-order chi connectivity index (χ0) is 19.8. The van der Waals surface area contributed by atoms with Crippen molar-refractivity contribution in [3.63, 3.8) is 0 Å². The number of hydrogen-bond donors (Lipinski definition) is 2. The van der Waals surface area contributed by atoms with E-state index in [4.69, 9.17) is 4.42 Å². The molecular weight excluding hydrogens is 537 g/mol. The van der Waals surface area contributed by atoms with E-state index < -0.39 is 0 Å². The molecule has 2 aromatic rings. The summed E-state index contributed by atoms with van der Waals surface area (Å²) in [5.41, 5.74) is 2.03. The molecule has 0 saturated carbocycles. The average Bonchev–Trinajstić information content (AvgIpc) is 3.18. The Labute approximate surface area is 192 Å². The van der Waals surface area contributed by atoms with Crippen molar-refractivity contribution in [3.8, 4) is 0 Å². The van der Waals surface area contributed by atoms with Gasteiger partial charge in [-0.15, -0.1) is 24.0 Å². The third-order valence-corrected chi connectivity index (χ3v) is 4.55. The van der Waals surface area contributed by atoms with Crippen molar-refractivity contribution >= 4 is 51.8 Å². The Kier molecular flexibility index (Phi) is 10.7. The number of aromatic nitrogens is 1. The third kappa shape index (κ3) is 7.16. The fourth-order valence-corrected chi connectivity index (χ4v) is 3.23. The predicted octanol–water partition coefficient (Wildman–Crippen LogP) is 3.52. The highest BCUT2D eigenvalue weighted by Gasteiger charge is 2.12. The number of rotatable bonds is 8. The van der Waals surface area contributed by atoms with Crippen LogP contribution in [0.15, 0.2) is 38.5 Å². The molecule has 28 heavy (non-hydrogen) atoms. The molecule has 2 aromatic heterocycles. The van der Waals surface area contributed by atoms with Crippen LogP contribution in [-0.2, 0) is 13.6 Å². The molecule has 0 aliphatic heterocycles. The summed E-state index contributed by atoms with van der Waals surface area (Å²) in [6, 6.07) is 3.88. The van der Waals surface area contributed by atoms with Crippen molar-refractivity contribution in [2.24, 2.45) is 12.0 Å². The SMILES string of the molecule is CCNC(=NCCCNC(=O)c1occc1C)N(C)Cc1cc(Br)cn1C.I. The number of nitrogens with zero attached hydrogens (tertiary/aromatic N) is 3. The van der Waals surface area contributed by atoms with E-state index in [0.29, 0.717) is 18.8 Å². The van der Waals surface area contributed by atoms with E-state index >= 15 is 0 Å². The summed E-state index contributed by atoms with van der Waals surface area (Å²) >= 11 is 3.50. The standard InChI is InChI=1S/C19H28BrN5O2.HI/c1-5-21-19(25(4)13-16-11-15(20)12-24(16)3)23-9-6-8-22-18(26)17-14(2)7-10-27-17;/h7,10-12H,5-6,8-9,13H2,1-4H3,(H,21,23)(H,22,26);1H. The zero-order valence-corrected chi connectivity index (χ0v) is 20.7. The van der Waals surface area contributed by atoms with Crippen LogP contribution < -0.4 is 10.6 Å². The van der Waals surface area contributed by atoms with E-state index in [2.05, 4.69) is 47.1 Å².